The number of thioether (sulfide) groups is 1. The minimum atomic E-state index is -0.531. The van der Waals surface area contributed by atoms with Crippen LogP contribution in [-0.4, -0.2) is 17.2 Å². The first-order chi connectivity index (χ1) is 9.70. The minimum absolute atomic E-state index is 0.149. The Morgan fingerprint density at radius 3 is 2.85 bits per heavy atom. The summed E-state index contributed by atoms with van der Waals surface area (Å²) >= 11 is 1.87. The maximum absolute atomic E-state index is 12.0. The summed E-state index contributed by atoms with van der Waals surface area (Å²) in [7, 11) is 0. The van der Waals surface area contributed by atoms with Crippen LogP contribution in [0.2, 0.25) is 0 Å². The number of rotatable bonds is 6. The third-order valence-corrected chi connectivity index (χ3v) is 4.91. The maximum Gasteiger partial charge on any atom is 0.241 e. The fourth-order valence-electron chi connectivity index (χ4n) is 2.37. The molecule has 20 heavy (non-hydrogen) atoms. The molecule has 4 heteroatoms. The van der Waals surface area contributed by atoms with Crippen LogP contribution < -0.4 is 11.1 Å². The predicted molar refractivity (Wildman–Crippen MR) is 86.0 cm³/mol. The molecule has 0 saturated heterocycles. The average Bonchev–Trinajstić information content (AvgIpc) is 2.94. The van der Waals surface area contributed by atoms with E-state index in [0.29, 0.717) is 11.7 Å². The van der Waals surface area contributed by atoms with Crippen LogP contribution in [0.15, 0.2) is 41.8 Å². The molecule has 1 unspecified atom stereocenters. The number of nitrogens with one attached hydrogen (secondary N) is 1. The fourth-order valence-corrected chi connectivity index (χ4v) is 3.70. The largest absolute Gasteiger partial charge is 0.324 e. The Kier molecular flexibility index (Phi) is 5.68. The summed E-state index contributed by atoms with van der Waals surface area (Å²) in [4.78, 5) is 13.1. The number of carbonyl (C=O) groups excluding carboxylic acids is 1. The zero-order chi connectivity index (χ0) is 14.4. The summed E-state index contributed by atoms with van der Waals surface area (Å²) in [5.74, 6) is -0.149. The lowest BCUT2D eigenvalue weighted by molar-refractivity contribution is -0.117. The van der Waals surface area contributed by atoms with E-state index in [1.54, 1.807) is 6.08 Å². The summed E-state index contributed by atoms with van der Waals surface area (Å²) in [6, 6.07) is 7.43. The first-order valence-electron chi connectivity index (χ1n) is 7.13. The van der Waals surface area contributed by atoms with Crippen molar-refractivity contribution >= 4 is 23.4 Å². The summed E-state index contributed by atoms with van der Waals surface area (Å²) in [5, 5.41) is 3.61. The van der Waals surface area contributed by atoms with Gasteiger partial charge in [-0.3, -0.25) is 4.79 Å². The number of benzene rings is 1. The van der Waals surface area contributed by atoms with Crippen LogP contribution in [-0.2, 0) is 4.79 Å². The Balaban J connectivity index is 2.03. The van der Waals surface area contributed by atoms with Crippen LogP contribution in [0.3, 0.4) is 0 Å². The highest BCUT2D eigenvalue weighted by Crippen LogP contribution is 2.37. The highest BCUT2D eigenvalue weighted by molar-refractivity contribution is 8.00. The van der Waals surface area contributed by atoms with Crippen molar-refractivity contribution in [2.45, 2.75) is 48.3 Å². The molecule has 1 saturated carbocycles. The topological polar surface area (TPSA) is 55.1 Å². The Morgan fingerprint density at radius 2 is 2.15 bits per heavy atom. The molecule has 1 aliphatic rings. The van der Waals surface area contributed by atoms with Crippen LogP contribution in [0, 0.1) is 0 Å². The molecule has 1 fully saturated rings. The van der Waals surface area contributed by atoms with Gasteiger partial charge in [-0.1, -0.05) is 31.1 Å². The van der Waals surface area contributed by atoms with Crippen molar-refractivity contribution in [3.63, 3.8) is 0 Å². The van der Waals surface area contributed by atoms with Gasteiger partial charge in [-0.05, 0) is 31.4 Å². The molecule has 0 radical (unpaired) electrons. The molecule has 1 atom stereocenters. The second kappa shape index (κ2) is 7.50. The summed E-state index contributed by atoms with van der Waals surface area (Å²) in [5.41, 5.74) is 6.67. The molecule has 108 valence electrons. The van der Waals surface area contributed by atoms with Gasteiger partial charge in [0, 0.05) is 10.1 Å². The van der Waals surface area contributed by atoms with Gasteiger partial charge < -0.3 is 11.1 Å². The lowest BCUT2D eigenvalue weighted by atomic mass is 10.2. The SMILES string of the molecule is C=CCC(N)C(=O)Nc1ccccc1SC1CCCC1. The van der Waals surface area contributed by atoms with Gasteiger partial charge in [0.1, 0.15) is 0 Å². The van der Waals surface area contributed by atoms with Crippen LogP contribution in [0.25, 0.3) is 0 Å². The Morgan fingerprint density at radius 1 is 1.45 bits per heavy atom. The number of hydrogen-bond donors (Lipinski definition) is 2. The molecular formula is C16H22N2OS. The summed E-state index contributed by atoms with van der Waals surface area (Å²) in [6.07, 6.45) is 7.33. The van der Waals surface area contributed by atoms with Crippen LogP contribution in [0.1, 0.15) is 32.1 Å². The number of hydrogen-bond acceptors (Lipinski definition) is 3. The fraction of sp³-hybridized carbons (Fsp3) is 0.438. The summed E-state index contributed by atoms with van der Waals surface area (Å²) < 4.78 is 0. The van der Waals surface area contributed by atoms with E-state index in [4.69, 9.17) is 5.73 Å². The van der Waals surface area contributed by atoms with E-state index in [2.05, 4.69) is 18.0 Å². The van der Waals surface area contributed by atoms with Crippen LogP contribution in [0.5, 0.6) is 0 Å². The van der Waals surface area contributed by atoms with Crippen molar-refractivity contribution in [2.24, 2.45) is 5.73 Å². The normalized spacial score (nSPS) is 16.9. The van der Waals surface area contributed by atoms with Gasteiger partial charge in [0.2, 0.25) is 5.91 Å². The molecular weight excluding hydrogens is 268 g/mol. The van der Waals surface area contributed by atoms with E-state index in [0.717, 1.165) is 10.6 Å². The highest BCUT2D eigenvalue weighted by Gasteiger charge is 2.19. The number of amides is 1. The van der Waals surface area contributed by atoms with E-state index in [1.165, 1.54) is 25.7 Å². The average molecular weight is 290 g/mol. The van der Waals surface area contributed by atoms with Crippen molar-refractivity contribution in [3.05, 3.63) is 36.9 Å². The van der Waals surface area contributed by atoms with Crippen molar-refractivity contribution in [2.75, 3.05) is 5.32 Å². The standard InChI is InChI=1S/C16H22N2OS/c1-2-7-13(17)16(19)18-14-10-5-6-11-15(14)20-12-8-3-4-9-12/h2,5-6,10-13H,1,3-4,7-9,17H2,(H,18,19). The minimum Gasteiger partial charge on any atom is -0.324 e. The first-order valence-corrected chi connectivity index (χ1v) is 8.01. The summed E-state index contributed by atoms with van der Waals surface area (Å²) in [6.45, 7) is 3.61. The van der Waals surface area contributed by atoms with Crippen molar-refractivity contribution in [3.8, 4) is 0 Å². The van der Waals surface area contributed by atoms with Crippen molar-refractivity contribution in [1.82, 2.24) is 0 Å². The lowest BCUT2D eigenvalue weighted by Crippen LogP contribution is -2.35. The molecule has 1 amide bonds. The number of nitrogens with two attached hydrogens (primary N) is 1. The molecule has 3 nitrogen and oxygen atoms in total. The Labute approximate surface area is 125 Å². The van der Waals surface area contributed by atoms with Crippen LogP contribution >= 0.6 is 11.8 Å². The van der Waals surface area contributed by atoms with Gasteiger partial charge in [0.25, 0.3) is 0 Å². The van der Waals surface area contributed by atoms with E-state index in [9.17, 15) is 4.79 Å². The van der Waals surface area contributed by atoms with Crippen molar-refractivity contribution < 1.29 is 4.79 Å². The lowest BCUT2D eigenvalue weighted by Gasteiger charge is -2.15. The van der Waals surface area contributed by atoms with Gasteiger partial charge in [0.05, 0.1) is 11.7 Å². The molecule has 3 N–H and O–H groups in total. The molecule has 1 aromatic carbocycles. The molecule has 0 spiro atoms. The molecule has 1 aliphatic carbocycles. The molecule has 0 aliphatic heterocycles. The van der Waals surface area contributed by atoms with E-state index >= 15 is 0 Å². The van der Waals surface area contributed by atoms with Gasteiger partial charge in [-0.2, -0.15) is 0 Å². The highest BCUT2D eigenvalue weighted by atomic mass is 32.2. The second-order valence-corrected chi connectivity index (χ2v) is 6.48. The maximum atomic E-state index is 12.0. The van der Waals surface area contributed by atoms with E-state index in [1.807, 2.05) is 30.0 Å². The zero-order valence-electron chi connectivity index (χ0n) is 11.7. The van der Waals surface area contributed by atoms with Crippen molar-refractivity contribution in [1.29, 1.82) is 0 Å². The van der Waals surface area contributed by atoms with E-state index < -0.39 is 6.04 Å². The molecule has 1 aromatic rings. The molecule has 0 heterocycles. The zero-order valence-corrected chi connectivity index (χ0v) is 12.5. The quantitative estimate of drug-likeness (QED) is 0.788. The monoisotopic (exact) mass is 290 g/mol. The van der Waals surface area contributed by atoms with E-state index in [-0.39, 0.29) is 5.91 Å². The first kappa shape index (κ1) is 15.1. The number of carbonyl (C=O) groups is 1. The second-order valence-electron chi connectivity index (χ2n) is 5.14. The third kappa shape index (κ3) is 4.12. The van der Waals surface area contributed by atoms with Gasteiger partial charge in [-0.25, -0.2) is 0 Å². The predicted octanol–water partition coefficient (Wildman–Crippen LogP) is 3.56. The Hall–Kier alpha value is -1.26. The van der Waals surface area contributed by atoms with Gasteiger partial charge in [0.15, 0.2) is 0 Å². The van der Waals surface area contributed by atoms with Crippen LogP contribution in [0.4, 0.5) is 5.69 Å². The van der Waals surface area contributed by atoms with Gasteiger partial charge >= 0.3 is 0 Å². The molecule has 2 rings (SSSR count). The number of para-hydroxylation sites is 1. The smallest absolute Gasteiger partial charge is 0.241 e. The molecule has 0 bridgehead atoms. The third-order valence-electron chi connectivity index (χ3n) is 3.50. The Bertz CT molecular complexity index is 469. The molecule has 0 aromatic heterocycles. The number of anilines is 1. The van der Waals surface area contributed by atoms with Gasteiger partial charge in [-0.15, -0.1) is 18.3 Å².